The zero-order valence-electron chi connectivity index (χ0n) is 9.93. The molecule has 92 valence electrons. The first kappa shape index (κ1) is 13.2. The molecule has 0 radical (unpaired) electrons. The van der Waals surface area contributed by atoms with Crippen molar-refractivity contribution in [3.63, 3.8) is 0 Å². The lowest BCUT2D eigenvalue weighted by molar-refractivity contribution is -0.255. The molecular formula is C13H15O4-. The molecule has 0 spiro atoms. The summed E-state index contributed by atoms with van der Waals surface area (Å²) < 4.78 is 5.08. The lowest BCUT2D eigenvalue weighted by atomic mass is 10.1. The van der Waals surface area contributed by atoms with Gasteiger partial charge in [-0.1, -0.05) is 32.4 Å². The van der Waals surface area contributed by atoms with Gasteiger partial charge in [-0.25, -0.2) is 4.79 Å². The Morgan fingerprint density at radius 3 is 2.24 bits per heavy atom. The second-order valence-electron chi connectivity index (χ2n) is 3.98. The van der Waals surface area contributed by atoms with E-state index in [1.807, 2.05) is 13.8 Å². The van der Waals surface area contributed by atoms with Gasteiger partial charge in [0.05, 0.1) is 18.1 Å². The average molecular weight is 235 g/mol. The molecule has 0 aliphatic carbocycles. The van der Waals surface area contributed by atoms with E-state index in [4.69, 9.17) is 4.74 Å². The van der Waals surface area contributed by atoms with Crippen molar-refractivity contribution in [2.24, 2.45) is 5.92 Å². The molecule has 0 heterocycles. The highest BCUT2D eigenvalue weighted by Gasteiger charge is 2.08. The second kappa shape index (κ2) is 6.03. The molecule has 0 aromatic heterocycles. The third-order valence-electron chi connectivity index (χ3n) is 2.55. The minimum Gasteiger partial charge on any atom is -0.545 e. The molecule has 17 heavy (non-hydrogen) atoms. The van der Waals surface area contributed by atoms with Crippen LogP contribution in [0.4, 0.5) is 0 Å². The van der Waals surface area contributed by atoms with Gasteiger partial charge in [0.1, 0.15) is 0 Å². The number of carboxylic acid groups (broad SMARTS) is 1. The summed E-state index contributed by atoms with van der Waals surface area (Å²) in [5.41, 5.74) is 0.391. The molecule has 1 atom stereocenters. The molecule has 1 aromatic carbocycles. The van der Waals surface area contributed by atoms with E-state index in [0.29, 0.717) is 18.1 Å². The number of hydrogen-bond acceptors (Lipinski definition) is 4. The number of benzene rings is 1. The van der Waals surface area contributed by atoms with Crippen molar-refractivity contribution in [2.75, 3.05) is 6.61 Å². The van der Waals surface area contributed by atoms with Crippen molar-refractivity contribution in [3.8, 4) is 0 Å². The minimum absolute atomic E-state index is 0.0449. The fraction of sp³-hybridized carbons (Fsp3) is 0.385. The van der Waals surface area contributed by atoms with Crippen LogP contribution < -0.4 is 5.11 Å². The van der Waals surface area contributed by atoms with Gasteiger partial charge >= 0.3 is 5.97 Å². The first-order valence-electron chi connectivity index (χ1n) is 5.53. The highest BCUT2D eigenvalue weighted by molar-refractivity contribution is 5.91. The van der Waals surface area contributed by atoms with Crippen molar-refractivity contribution in [3.05, 3.63) is 35.4 Å². The average Bonchev–Trinajstić information content (AvgIpc) is 2.35. The number of aromatic carboxylic acids is 1. The normalized spacial score (nSPS) is 11.9. The van der Waals surface area contributed by atoms with Crippen molar-refractivity contribution in [1.82, 2.24) is 0 Å². The molecule has 0 saturated heterocycles. The highest BCUT2D eigenvalue weighted by atomic mass is 16.5. The summed E-state index contributed by atoms with van der Waals surface area (Å²) in [6.45, 7) is 4.39. The lowest BCUT2D eigenvalue weighted by Gasteiger charge is -2.10. The van der Waals surface area contributed by atoms with Crippen LogP contribution in [0.5, 0.6) is 0 Å². The maximum absolute atomic E-state index is 11.6. The number of carbonyl (C=O) groups is 2. The standard InChI is InChI=1S/C13H16O4/c1-3-9(2)8-17-13(16)11-6-4-10(5-7-11)12(14)15/h4-7,9H,3,8H2,1-2H3,(H,14,15)/p-1. The molecule has 1 aromatic rings. The Labute approximate surface area is 100 Å². The monoisotopic (exact) mass is 235 g/mol. The zero-order chi connectivity index (χ0) is 12.8. The van der Waals surface area contributed by atoms with Crippen LogP contribution >= 0.6 is 0 Å². The maximum Gasteiger partial charge on any atom is 0.338 e. The van der Waals surface area contributed by atoms with Crippen molar-refractivity contribution < 1.29 is 19.4 Å². The van der Waals surface area contributed by atoms with Crippen LogP contribution in [-0.4, -0.2) is 18.5 Å². The Balaban J connectivity index is 2.61. The van der Waals surface area contributed by atoms with Crippen LogP contribution in [-0.2, 0) is 4.74 Å². The van der Waals surface area contributed by atoms with Gasteiger partial charge in [0.15, 0.2) is 0 Å². The number of carboxylic acids is 1. The van der Waals surface area contributed by atoms with Gasteiger partial charge in [0.2, 0.25) is 0 Å². The Morgan fingerprint density at radius 2 is 1.76 bits per heavy atom. The summed E-state index contributed by atoms with van der Waals surface area (Å²) in [6, 6.07) is 5.50. The Morgan fingerprint density at radius 1 is 1.24 bits per heavy atom. The minimum atomic E-state index is -1.26. The molecule has 1 unspecified atom stereocenters. The van der Waals surface area contributed by atoms with Gasteiger partial charge in [-0.15, -0.1) is 0 Å². The van der Waals surface area contributed by atoms with Crippen LogP contribution in [0, 0.1) is 5.92 Å². The van der Waals surface area contributed by atoms with Gasteiger partial charge in [0.25, 0.3) is 0 Å². The summed E-state index contributed by atoms with van der Waals surface area (Å²) >= 11 is 0. The van der Waals surface area contributed by atoms with E-state index in [-0.39, 0.29) is 5.56 Å². The van der Waals surface area contributed by atoms with Gasteiger partial charge in [-0.05, 0) is 23.6 Å². The fourth-order valence-electron chi connectivity index (χ4n) is 1.16. The summed E-state index contributed by atoms with van der Waals surface area (Å²) in [6.07, 6.45) is 0.941. The SMILES string of the molecule is CCC(C)COC(=O)c1ccc(C(=O)[O-])cc1. The van der Waals surface area contributed by atoms with Gasteiger partial charge in [-0.2, -0.15) is 0 Å². The Hall–Kier alpha value is -1.84. The maximum atomic E-state index is 11.6. The highest BCUT2D eigenvalue weighted by Crippen LogP contribution is 2.07. The molecule has 0 N–H and O–H groups in total. The quantitative estimate of drug-likeness (QED) is 0.720. The summed E-state index contributed by atoms with van der Waals surface area (Å²) in [7, 11) is 0. The molecule has 0 aliphatic heterocycles. The molecule has 0 saturated carbocycles. The van der Waals surface area contributed by atoms with E-state index in [2.05, 4.69) is 0 Å². The van der Waals surface area contributed by atoms with Crippen molar-refractivity contribution >= 4 is 11.9 Å². The zero-order valence-corrected chi connectivity index (χ0v) is 9.93. The second-order valence-corrected chi connectivity index (χ2v) is 3.98. The van der Waals surface area contributed by atoms with Crippen LogP contribution in [0.15, 0.2) is 24.3 Å². The van der Waals surface area contributed by atoms with E-state index in [1.54, 1.807) is 0 Å². The lowest BCUT2D eigenvalue weighted by Crippen LogP contribution is -2.22. The Kier molecular flexibility index (Phi) is 4.69. The summed E-state index contributed by atoms with van der Waals surface area (Å²) in [5, 5.41) is 10.5. The smallest absolute Gasteiger partial charge is 0.338 e. The predicted molar refractivity (Wildman–Crippen MR) is 60.5 cm³/mol. The third kappa shape index (κ3) is 3.90. The summed E-state index contributed by atoms with van der Waals surface area (Å²) in [5.74, 6) is -1.37. The molecule has 0 aliphatic rings. The van der Waals surface area contributed by atoms with Crippen LogP contribution in [0.2, 0.25) is 0 Å². The molecule has 4 nitrogen and oxygen atoms in total. The molecule has 0 fully saturated rings. The first-order chi connectivity index (χ1) is 8.04. The Bertz CT molecular complexity index is 394. The molecule has 4 heteroatoms. The number of rotatable bonds is 5. The van der Waals surface area contributed by atoms with Gasteiger partial charge < -0.3 is 14.6 Å². The number of ether oxygens (including phenoxy) is 1. The van der Waals surface area contributed by atoms with E-state index in [1.165, 1.54) is 24.3 Å². The molecular weight excluding hydrogens is 220 g/mol. The predicted octanol–water partition coefficient (Wildman–Crippen LogP) is 1.25. The van der Waals surface area contributed by atoms with Crippen LogP contribution in [0.1, 0.15) is 41.0 Å². The topological polar surface area (TPSA) is 66.4 Å². The first-order valence-corrected chi connectivity index (χ1v) is 5.53. The largest absolute Gasteiger partial charge is 0.545 e. The van der Waals surface area contributed by atoms with E-state index < -0.39 is 11.9 Å². The van der Waals surface area contributed by atoms with Crippen molar-refractivity contribution in [1.29, 1.82) is 0 Å². The van der Waals surface area contributed by atoms with E-state index >= 15 is 0 Å². The molecule has 0 bridgehead atoms. The number of esters is 1. The molecule has 1 rings (SSSR count). The molecule has 0 amide bonds. The van der Waals surface area contributed by atoms with Crippen molar-refractivity contribution in [2.45, 2.75) is 20.3 Å². The van der Waals surface area contributed by atoms with Crippen LogP contribution in [0.25, 0.3) is 0 Å². The van der Waals surface area contributed by atoms with Gasteiger partial charge in [-0.3, -0.25) is 0 Å². The fourth-order valence-corrected chi connectivity index (χ4v) is 1.16. The number of carbonyl (C=O) groups excluding carboxylic acids is 2. The van der Waals surface area contributed by atoms with Gasteiger partial charge in [0, 0.05) is 0 Å². The third-order valence-corrected chi connectivity index (χ3v) is 2.55. The number of hydrogen-bond donors (Lipinski definition) is 0. The van der Waals surface area contributed by atoms with Crippen LogP contribution in [0.3, 0.4) is 0 Å². The van der Waals surface area contributed by atoms with E-state index in [0.717, 1.165) is 6.42 Å². The summed E-state index contributed by atoms with van der Waals surface area (Å²) in [4.78, 5) is 22.1. The van der Waals surface area contributed by atoms with E-state index in [9.17, 15) is 14.7 Å².